The number of aliphatic hydroxyl groups is 1. The van der Waals surface area contributed by atoms with E-state index in [0.717, 1.165) is 38.8 Å². The first kappa shape index (κ1) is 13.8. The minimum Gasteiger partial charge on any atom is -0.396 e. The van der Waals surface area contributed by atoms with Crippen molar-refractivity contribution in [1.82, 2.24) is 10.6 Å². The number of rotatable bonds is 6. The molecule has 0 bridgehead atoms. The van der Waals surface area contributed by atoms with E-state index in [-0.39, 0.29) is 24.0 Å². The fraction of sp³-hybridized carbons (Fsp3) is 0.929. The Morgan fingerprint density at radius 3 is 2.89 bits per heavy atom. The number of nitrogens with one attached hydrogen (secondary N) is 2. The molecule has 3 N–H and O–H groups in total. The van der Waals surface area contributed by atoms with Crippen molar-refractivity contribution in [3.63, 3.8) is 0 Å². The summed E-state index contributed by atoms with van der Waals surface area (Å²) < 4.78 is 0. The number of hydrogen-bond donors (Lipinski definition) is 3. The van der Waals surface area contributed by atoms with E-state index in [0.29, 0.717) is 5.92 Å². The smallest absolute Gasteiger partial charge is 0.237 e. The van der Waals surface area contributed by atoms with Gasteiger partial charge in [-0.05, 0) is 50.0 Å². The molecule has 2 unspecified atom stereocenters. The van der Waals surface area contributed by atoms with Crippen LogP contribution in [-0.2, 0) is 4.79 Å². The predicted octanol–water partition coefficient (Wildman–Crippen LogP) is 1.04. The molecule has 1 aliphatic heterocycles. The summed E-state index contributed by atoms with van der Waals surface area (Å²) in [4.78, 5) is 12.1. The number of carbonyl (C=O) groups is 1. The summed E-state index contributed by atoms with van der Waals surface area (Å²) in [7, 11) is 0. The first-order chi connectivity index (χ1) is 8.69. The molecule has 18 heavy (non-hydrogen) atoms. The van der Waals surface area contributed by atoms with E-state index in [2.05, 4.69) is 17.6 Å². The maximum absolute atomic E-state index is 12.1. The third-order valence-electron chi connectivity index (χ3n) is 4.64. The SMILES string of the molecule is CCC1CCNC(C(=O)NCC2(CCO)CC2)C1. The predicted molar refractivity (Wildman–Crippen MR) is 71.2 cm³/mol. The second-order valence-electron chi connectivity index (χ2n) is 6.00. The number of carbonyl (C=O) groups excluding carboxylic acids is 1. The van der Waals surface area contributed by atoms with Gasteiger partial charge in [0.05, 0.1) is 6.04 Å². The van der Waals surface area contributed by atoms with E-state index in [9.17, 15) is 4.79 Å². The van der Waals surface area contributed by atoms with Crippen LogP contribution in [0.4, 0.5) is 0 Å². The van der Waals surface area contributed by atoms with Crippen molar-refractivity contribution in [3.8, 4) is 0 Å². The quantitative estimate of drug-likeness (QED) is 0.664. The van der Waals surface area contributed by atoms with Crippen LogP contribution >= 0.6 is 0 Å². The van der Waals surface area contributed by atoms with Crippen LogP contribution in [0.25, 0.3) is 0 Å². The summed E-state index contributed by atoms with van der Waals surface area (Å²) in [5.41, 5.74) is 0.212. The summed E-state index contributed by atoms with van der Waals surface area (Å²) in [6.45, 7) is 4.13. The molecule has 1 heterocycles. The van der Waals surface area contributed by atoms with Crippen LogP contribution < -0.4 is 10.6 Å². The highest BCUT2D eigenvalue weighted by Crippen LogP contribution is 2.47. The monoisotopic (exact) mass is 254 g/mol. The zero-order valence-electron chi connectivity index (χ0n) is 11.4. The molecule has 4 heteroatoms. The van der Waals surface area contributed by atoms with E-state index < -0.39 is 0 Å². The molecule has 2 atom stereocenters. The molecule has 0 radical (unpaired) electrons. The Hall–Kier alpha value is -0.610. The van der Waals surface area contributed by atoms with Gasteiger partial charge in [0.2, 0.25) is 5.91 Å². The molecule has 0 aromatic heterocycles. The van der Waals surface area contributed by atoms with Crippen LogP contribution in [0, 0.1) is 11.3 Å². The van der Waals surface area contributed by atoms with Crippen LogP contribution in [0.3, 0.4) is 0 Å². The minimum atomic E-state index is -0.00590. The molecule has 2 rings (SSSR count). The van der Waals surface area contributed by atoms with Crippen molar-refractivity contribution in [2.75, 3.05) is 19.7 Å². The molecule has 0 spiro atoms. The van der Waals surface area contributed by atoms with Crippen molar-refractivity contribution in [2.24, 2.45) is 11.3 Å². The lowest BCUT2D eigenvalue weighted by Gasteiger charge is -2.29. The largest absolute Gasteiger partial charge is 0.396 e. The van der Waals surface area contributed by atoms with Crippen molar-refractivity contribution in [3.05, 3.63) is 0 Å². The Bertz CT molecular complexity index is 290. The van der Waals surface area contributed by atoms with E-state index in [1.54, 1.807) is 0 Å². The van der Waals surface area contributed by atoms with Gasteiger partial charge in [-0.25, -0.2) is 0 Å². The molecule has 1 amide bonds. The van der Waals surface area contributed by atoms with Gasteiger partial charge in [0, 0.05) is 13.2 Å². The molecule has 1 aliphatic carbocycles. The Morgan fingerprint density at radius 1 is 1.50 bits per heavy atom. The molecule has 0 aromatic carbocycles. The van der Waals surface area contributed by atoms with E-state index in [4.69, 9.17) is 5.11 Å². The maximum atomic E-state index is 12.1. The van der Waals surface area contributed by atoms with Gasteiger partial charge in [-0.3, -0.25) is 4.79 Å². The second kappa shape index (κ2) is 6.02. The fourth-order valence-corrected chi connectivity index (χ4v) is 2.89. The van der Waals surface area contributed by atoms with Crippen LogP contribution in [0.2, 0.25) is 0 Å². The Morgan fingerprint density at radius 2 is 2.28 bits per heavy atom. The van der Waals surface area contributed by atoms with Crippen LogP contribution in [0.15, 0.2) is 0 Å². The van der Waals surface area contributed by atoms with Crippen molar-refractivity contribution >= 4 is 5.91 Å². The summed E-state index contributed by atoms with van der Waals surface area (Å²) in [5, 5.41) is 15.4. The molecule has 2 aliphatic rings. The molecule has 4 nitrogen and oxygen atoms in total. The zero-order chi connectivity index (χ0) is 13.0. The Balaban J connectivity index is 1.74. The van der Waals surface area contributed by atoms with E-state index in [1.807, 2.05) is 0 Å². The van der Waals surface area contributed by atoms with Gasteiger partial charge in [0.1, 0.15) is 0 Å². The highest BCUT2D eigenvalue weighted by Gasteiger charge is 2.42. The normalized spacial score (nSPS) is 29.9. The lowest BCUT2D eigenvalue weighted by Crippen LogP contribution is -2.49. The third-order valence-corrected chi connectivity index (χ3v) is 4.64. The zero-order valence-corrected chi connectivity index (χ0v) is 11.4. The summed E-state index contributed by atoms with van der Waals surface area (Å²) in [6, 6.07) is -0.00590. The van der Waals surface area contributed by atoms with Gasteiger partial charge in [-0.15, -0.1) is 0 Å². The molecule has 2 fully saturated rings. The summed E-state index contributed by atoms with van der Waals surface area (Å²) >= 11 is 0. The van der Waals surface area contributed by atoms with Gasteiger partial charge in [-0.2, -0.15) is 0 Å². The molecular weight excluding hydrogens is 228 g/mol. The van der Waals surface area contributed by atoms with Crippen molar-refractivity contribution in [1.29, 1.82) is 0 Å². The Labute approximate surface area is 110 Å². The summed E-state index contributed by atoms with van der Waals surface area (Å²) in [5.74, 6) is 0.840. The summed E-state index contributed by atoms with van der Waals surface area (Å²) in [6.07, 6.45) is 6.43. The number of hydrogen-bond acceptors (Lipinski definition) is 3. The fourth-order valence-electron chi connectivity index (χ4n) is 2.89. The topological polar surface area (TPSA) is 61.4 Å². The van der Waals surface area contributed by atoms with E-state index >= 15 is 0 Å². The average Bonchev–Trinajstić information content (AvgIpc) is 3.17. The first-order valence-electron chi connectivity index (χ1n) is 7.31. The minimum absolute atomic E-state index is 0.00590. The maximum Gasteiger partial charge on any atom is 0.237 e. The molecule has 1 saturated heterocycles. The molecular formula is C14H26N2O2. The lowest BCUT2D eigenvalue weighted by molar-refractivity contribution is -0.124. The van der Waals surface area contributed by atoms with Gasteiger partial charge in [0.25, 0.3) is 0 Å². The van der Waals surface area contributed by atoms with Gasteiger partial charge >= 0.3 is 0 Å². The van der Waals surface area contributed by atoms with Crippen LogP contribution in [-0.4, -0.2) is 36.8 Å². The number of aliphatic hydroxyl groups excluding tert-OH is 1. The standard InChI is InChI=1S/C14H26N2O2/c1-2-11-3-7-15-12(9-11)13(18)16-10-14(4-5-14)6-8-17/h11-12,15,17H,2-10H2,1H3,(H,16,18). The second-order valence-corrected chi connectivity index (χ2v) is 6.00. The highest BCUT2D eigenvalue weighted by atomic mass is 16.3. The van der Waals surface area contributed by atoms with Gasteiger partial charge in [-0.1, -0.05) is 13.3 Å². The van der Waals surface area contributed by atoms with E-state index in [1.165, 1.54) is 12.8 Å². The number of amides is 1. The average molecular weight is 254 g/mol. The lowest BCUT2D eigenvalue weighted by atomic mass is 9.90. The van der Waals surface area contributed by atoms with Gasteiger partial charge in [0.15, 0.2) is 0 Å². The first-order valence-corrected chi connectivity index (χ1v) is 7.31. The highest BCUT2D eigenvalue weighted by molar-refractivity contribution is 5.81. The molecule has 1 saturated carbocycles. The molecule has 0 aromatic rings. The van der Waals surface area contributed by atoms with Crippen molar-refractivity contribution < 1.29 is 9.90 Å². The third kappa shape index (κ3) is 3.45. The van der Waals surface area contributed by atoms with Gasteiger partial charge < -0.3 is 15.7 Å². The molecule has 104 valence electrons. The van der Waals surface area contributed by atoms with Crippen molar-refractivity contribution in [2.45, 2.75) is 51.5 Å². The van der Waals surface area contributed by atoms with Crippen LogP contribution in [0.5, 0.6) is 0 Å². The van der Waals surface area contributed by atoms with Crippen LogP contribution in [0.1, 0.15) is 45.4 Å². The number of piperidine rings is 1. The Kier molecular flexibility index (Phi) is 4.62.